The molecule has 1 fully saturated rings. The number of carbonyl (C=O) groups is 1. The van der Waals surface area contributed by atoms with Crippen LogP contribution in [0.2, 0.25) is 0 Å². The Hall–Kier alpha value is -2.18. The number of nitrogens with zero attached hydrogens (tertiary/aromatic N) is 2. The maximum Gasteiger partial charge on any atom is 0.311 e. The Labute approximate surface area is 141 Å². The molecule has 1 saturated heterocycles. The number of ether oxygens (including phenoxy) is 1. The molecule has 1 aromatic rings. The molecule has 0 aromatic heterocycles. The quantitative estimate of drug-likeness (QED) is 0.884. The zero-order valence-corrected chi connectivity index (χ0v) is 14.0. The third-order valence-electron chi connectivity index (χ3n) is 4.69. The summed E-state index contributed by atoms with van der Waals surface area (Å²) in [7, 11) is 0. The molecular formula is C18H23N3O3. The van der Waals surface area contributed by atoms with Crippen LogP contribution in [0.3, 0.4) is 0 Å². The highest BCUT2D eigenvalue weighted by Gasteiger charge is 2.43. The lowest BCUT2D eigenvalue weighted by Crippen LogP contribution is -2.50. The largest absolute Gasteiger partial charge is 0.481 e. The van der Waals surface area contributed by atoms with Crippen LogP contribution in [-0.4, -0.2) is 48.4 Å². The molecule has 2 aliphatic heterocycles. The van der Waals surface area contributed by atoms with Crippen LogP contribution < -0.4 is 10.1 Å². The van der Waals surface area contributed by atoms with Crippen molar-refractivity contribution in [2.75, 3.05) is 26.2 Å². The number of piperazine rings is 1. The molecule has 2 aliphatic rings. The van der Waals surface area contributed by atoms with Crippen LogP contribution in [-0.2, 0) is 4.79 Å². The van der Waals surface area contributed by atoms with E-state index in [9.17, 15) is 9.90 Å². The minimum absolute atomic E-state index is 0.264. The van der Waals surface area contributed by atoms with Gasteiger partial charge in [0.1, 0.15) is 12.0 Å². The molecule has 1 atom stereocenters. The molecule has 0 bridgehead atoms. The number of benzene rings is 1. The van der Waals surface area contributed by atoms with Crippen LogP contribution in [0.15, 0.2) is 35.7 Å². The van der Waals surface area contributed by atoms with E-state index in [1.54, 1.807) is 26.3 Å². The van der Waals surface area contributed by atoms with Crippen molar-refractivity contribution in [2.45, 2.75) is 19.9 Å². The maximum atomic E-state index is 12.0. The number of hydrogen-bond donors (Lipinski definition) is 2. The lowest BCUT2D eigenvalue weighted by molar-refractivity contribution is -0.151. The van der Waals surface area contributed by atoms with Crippen molar-refractivity contribution in [3.8, 4) is 5.75 Å². The highest BCUT2D eigenvalue weighted by atomic mass is 16.5. The smallest absolute Gasteiger partial charge is 0.311 e. The van der Waals surface area contributed by atoms with Crippen molar-refractivity contribution in [3.05, 3.63) is 41.8 Å². The van der Waals surface area contributed by atoms with Gasteiger partial charge in [0, 0.05) is 38.0 Å². The first-order valence-corrected chi connectivity index (χ1v) is 8.18. The van der Waals surface area contributed by atoms with Crippen LogP contribution in [0.1, 0.15) is 31.0 Å². The molecule has 0 radical (unpaired) electrons. The van der Waals surface area contributed by atoms with E-state index in [1.165, 1.54) is 6.26 Å². The van der Waals surface area contributed by atoms with Crippen molar-refractivity contribution in [3.63, 3.8) is 0 Å². The van der Waals surface area contributed by atoms with Gasteiger partial charge in [0.15, 0.2) is 0 Å². The highest BCUT2D eigenvalue weighted by molar-refractivity contribution is 5.87. The number of fused-ring (bicyclic) bond motifs is 1. The first kappa shape index (κ1) is 16.7. The summed E-state index contributed by atoms with van der Waals surface area (Å²) in [5, 5.41) is 13.2. The summed E-state index contributed by atoms with van der Waals surface area (Å²) in [6, 6.07) is 5.51. The van der Waals surface area contributed by atoms with E-state index < -0.39 is 11.4 Å². The number of aliphatic carboxylic acids is 1. The number of carboxylic acid groups (broad SMARTS) is 1. The van der Waals surface area contributed by atoms with Gasteiger partial charge in [0.2, 0.25) is 0 Å². The summed E-state index contributed by atoms with van der Waals surface area (Å²) in [5.74, 6) is -0.112. The fraction of sp³-hybridized carbons (Fsp3) is 0.444. The second kappa shape index (κ2) is 6.75. The molecule has 0 amide bonds. The predicted octanol–water partition coefficient (Wildman–Crippen LogP) is 2.03. The summed E-state index contributed by atoms with van der Waals surface area (Å²) >= 11 is 0. The first-order chi connectivity index (χ1) is 11.5. The second-order valence-corrected chi connectivity index (χ2v) is 6.66. The van der Waals surface area contributed by atoms with Gasteiger partial charge < -0.3 is 15.2 Å². The van der Waals surface area contributed by atoms with Crippen molar-refractivity contribution >= 4 is 12.2 Å². The third-order valence-corrected chi connectivity index (χ3v) is 4.69. The van der Waals surface area contributed by atoms with Gasteiger partial charge in [0.25, 0.3) is 0 Å². The third kappa shape index (κ3) is 3.07. The van der Waals surface area contributed by atoms with Gasteiger partial charge >= 0.3 is 5.97 Å². The monoisotopic (exact) mass is 329 g/mol. The van der Waals surface area contributed by atoms with Crippen LogP contribution in [0, 0.1) is 5.41 Å². The normalized spacial score (nSPS) is 19.2. The number of rotatable bonds is 4. The topological polar surface area (TPSA) is 74.2 Å². The average Bonchev–Trinajstić information content (AvgIpc) is 2.82. The summed E-state index contributed by atoms with van der Waals surface area (Å²) in [6.07, 6.45) is 4.88. The molecule has 1 aromatic carbocycles. The van der Waals surface area contributed by atoms with E-state index in [0.29, 0.717) is 5.75 Å². The van der Waals surface area contributed by atoms with E-state index in [0.717, 1.165) is 37.3 Å². The minimum Gasteiger partial charge on any atom is -0.481 e. The Kier molecular flexibility index (Phi) is 4.69. The lowest BCUT2D eigenvalue weighted by Gasteiger charge is -2.42. The molecule has 6 heteroatoms. The molecule has 0 aliphatic carbocycles. The lowest BCUT2D eigenvalue weighted by atomic mass is 9.77. The number of nitrogens with one attached hydrogen (secondary N) is 1. The van der Waals surface area contributed by atoms with E-state index in [4.69, 9.17) is 4.74 Å². The van der Waals surface area contributed by atoms with Crippen LogP contribution in [0.25, 0.3) is 0 Å². The van der Waals surface area contributed by atoms with Crippen molar-refractivity contribution in [1.82, 2.24) is 10.2 Å². The highest BCUT2D eigenvalue weighted by Crippen LogP contribution is 2.42. The maximum absolute atomic E-state index is 12.0. The van der Waals surface area contributed by atoms with Crippen molar-refractivity contribution in [1.29, 1.82) is 0 Å². The standard InChI is InChI=1S/C18H23N3O3/c1-18(2,17(22)23)16(21-9-6-19-7-10-21)13-4-3-5-15-14(13)12-20-8-11-24-15/h3-5,8,11-12,16,19H,6-7,9-10H2,1-2H3,(H,22,23). The summed E-state index contributed by atoms with van der Waals surface area (Å²) in [5.41, 5.74) is 0.842. The molecule has 1 unspecified atom stereocenters. The molecule has 0 saturated carbocycles. The van der Waals surface area contributed by atoms with Crippen LogP contribution in [0.5, 0.6) is 5.75 Å². The number of carboxylic acids is 1. The van der Waals surface area contributed by atoms with Crippen molar-refractivity contribution < 1.29 is 14.6 Å². The molecule has 128 valence electrons. The fourth-order valence-corrected chi connectivity index (χ4v) is 3.40. The number of aliphatic imine (C=N–C) groups is 1. The van der Waals surface area contributed by atoms with Gasteiger partial charge in [-0.1, -0.05) is 12.1 Å². The summed E-state index contributed by atoms with van der Waals surface area (Å²) < 4.78 is 5.62. The number of hydrogen-bond acceptors (Lipinski definition) is 5. The molecule has 3 rings (SSSR count). The fourth-order valence-electron chi connectivity index (χ4n) is 3.40. The Morgan fingerprint density at radius 3 is 2.83 bits per heavy atom. The molecule has 24 heavy (non-hydrogen) atoms. The van der Waals surface area contributed by atoms with Crippen molar-refractivity contribution in [2.24, 2.45) is 10.4 Å². The molecule has 6 nitrogen and oxygen atoms in total. The van der Waals surface area contributed by atoms with Gasteiger partial charge in [-0.2, -0.15) is 0 Å². The second-order valence-electron chi connectivity index (χ2n) is 6.66. The van der Waals surface area contributed by atoms with E-state index >= 15 is 0 Å². The summed E-state index contributed by atoms with van der Waals surface area (Å²) in [4.78, 5) is 18.5. The minimum atomic E-state index is -0.944. The van der Waals surface area contributed by atoms with Gasteiger partial charge in [-0.25, -0.2) is 0 Å². The Balaban J connectivity index is 2.11. The van der Waals surface area contributed by atoms with E-state index in [-0.39, 0.29) is 6.04 Å². The van der Waals surface area contributed by atoms with E-state index in [2.05, 4.69) is 15.2 Å². The van der Waals surface area contributed by atoms with Gasteiger partial charge in [-0.3, -0.25) is 14.7 Å². The molecule has 2 heterocycles. The SMILES string of the molecule is CC(C)(C(=O)O)C(c1cccc2c1C=NC=CO2)N1CCNCC1. The molecule has 2 N–H and O–H groups in total. The van der Waals surface area contributed by atoms with E-state index in [1.807, 2.05) is 18.2 Å². The van der Waals surface area contributed by atoms with Gasteiger partial charge in [-0.15, -0.1) is 0 Å². The van der Waals surface area contributed by atoms with Gasteiger partial charge in [-0.05, 0) is 25.5 Å². The summed E-state index contributed by atoms with van der Waals surface area (Å²) in [6.45, 7) is 6.89. The first-order valence-electron chi connectivity index (χ1n) is 8.18. The zero-order chi connectivity index (χ0) is 17.2. The predicted molar refractivity (Wildman–Crippen MR) is 92.4 cm³/mol. The Morgan fingerprint density at radius 2 is 2.12 bits per heavy atom. The Morgan fingerprint density at radius 1 is 1.38 bits per heavy atom. The molecule has 0 spiro atoms. The Bertz CT molecular complexity index is 676. The van der Waals surface area contributed by atoms with Gasteiger partial charge in [0.05, 0.1) is 17.7 Å². The zero-order valence-electron chi connectivity index (χ0n) is 14.0. The van der Waals surface area contributed by atoms with Crippen LogP contribution >= 0.6 is 0 Å². The molecular weight excluding hydrogens is 306 g/mol. The van der Waals surface area contributed by atoms with Crippen LogP contribution in [0.4, 0.5) is 0 Å². The average molecular weight is 329 g/mol.